The van der Waals surface area contributed by atoms with Gasteiger partial charge in [-0.15, -0.1) is 0 Å². The summed E-state index contributed by atoms with van der Waals surface area (Å²) in [5.41, 5.74) is 1.84. The molecule has 0 spiro atoms. The minimum Gasteiger partial charge on any atom is -0.494 e. The molecule has 1 unspecified atom stereocenters. The van der Waals surface area contributed by atoms with Crippen LogP contribution in [0.5, 0.6) is 5.75 Å². The van der Waals surface area contributed by atoms with Gasteiger partial charge in [-0.2, -0.15) is 0 Å². The van der Waals surface area contributed by atoms with Crippen molar-refractivity contribution in [2.45, 2.75) is 64.3 Å². The molecule has 0 aromatic heterocycles. The maximum absolute atomic E-state index is 12.7. The molecule has 3 aliphatic rings. The molecule has 1 saturated heterocycles. The number of ether oxygens (including phenoxy) is 1. The second-order valence-electron chi connectivity index (χ2n) is 9.49. The number of aliphatic imine (C=N–C) groups is 1. The average molecular weight is 471 g/mol. The Kier molecular flexibility index (Phi) is 7.70. The Morgan fingerprint density at radius 3 is 2.79 bits per heavy atom. The van der Waals surface area contributed by atoms with E-state index in [0.717, 1.165) is 29.8 Å². The van der Waals surface area contributed by atoms with E-state index in [1.807, 2.05) is 30.0 Å². The molecular weight excluding hydrogens is 436 g/mol. The number of guanidine groups is 1. The van der Waals surface area contributed by atoms with Gasteiger partial charge in [0.15, 0.2) is 0 Å². The Balaban J connectivity index is 1.23. The topological polar surface area (TPSA) is 112 Å². The molecule has 2 fully saturated rings. The lowest BCUT2D eigenvalue weighted by molar-refractivity contribution is -0.145. The maximum atomic E-state index is 12.7. The first-order valence-corrected chi connectivity index (χ1v) is 12.3. The molecule has 2 heterocycles. The lowest BCUT2D eigenvalue weighted by Gasteiger charge is -2.30. The fourth-order valence-corrected chi connectivity index (χ4v) is 5.04. The molecular formula is C25H34N4O5. The van der Waals surface area contributed by atoms with Crippen LogP contribution in [0.15, 0.2) is 23.2 Å². The van der Waals surface area contributed by atoms with Crippen LogP contribution in [-0.4, -0.2) is 64.9 Å². The first kappa shape index (κ1) is 24.0. The van der Waals surface area contributed by atoms with Crippen LogP contribution in [0.3, 0.4) is 0 Å². The molecule has 4 rings (SSSR count). The van der Waals surface area contributed by atoms with Crippen molar-refractivity contribution in [3.05, 3.63) is 23.8 Å². The number of hydrogen-bond acceptors (Lipinski definition) is 6. The van der Waals surface area contributed by atoms with Gasteiger partial charge in [0.1, 0.15) is 18.8 Å². The van der Waals surface area contributed by atoms with Crippen molar-refractivity contribution in [3.8, 4) is 5.75 Å². The van der Waals surface area contributed by atoms with Gasteiger partial charge in [0.05, 0.1) is 18.3 Å². The highest BCUT2D eigenvalue weighted by atomic mass is 16.5. The van der Waals surface area contributed by atoms with Crippen molar-refractivity contribution in [2.24, 2.45) is 10.9 Å². The first-order chi connectivity index (χ1) is 16.4. The standard InChI is InChI=1S/C25H34N4O5/c1-17-20-13-19(10-11-21(20)26-25-27-22(30)15-29(17)25)34-12-6-5-9-23(31)28(16-24(32)33)14-18-7-3-2-4-8-18/h10-11,13,17-18H,2-9,12,14-16H2,1H3,(H,32,33)(H,26,27,30). The lowest BCUT2D eigenvalue weighted by Crippen LogP contribution is -2.39. The molecule has 0 radical (unpaired) electrons. The Labute approximate surface area is 200 Å². The number of carboxylic acids is 1. The number of nitrogens with zero attached hydrogens (tertiary/aromatic N) is 3. The summed E-state index contributed by atoms with van der Waals surface area (Å²) in [6, 6.07) is 5.75. The Hall–Kier alpha value is -3.10. The third-order valence-electron chi connectivity index (χ3n) is 6.92. The van der Waals surface area contributed by atoms with Crippen LogP contribution in [0.2, 0.25) is 0 Å². The molecule has 1 atom stereocenters. The van der Waals surface area contributed by atoms with Crippen molar-refractivity contribution < 1.29 is 24.2 Å². The normalized spacial score (nSPS) is 19.7. The monoisotopic (exact) mass is 470 g/mol. The molecule has 9 heteroatoms. The SMILES string of the molecule is CC1c2cc(OCCCCC(=O)N(CC(=O)O)CC3CCCCC3)ccc2N=C2NC(=O)CN21. The molecule has 1 aliphatic carbocycles. The minimum atomic E-state index is -0.959. The number of rotatable bonds is 10. The van der Waals surface area contributed by atoms with Crippen molar-refractivity contribution in [1.29, 1.82) is 0 Å². The second-order valence-corrected chi connectivity index (χ2v) is 9.49. The van der Waals surface area contributed by atoms with E-state index >= 15 is 0 Å². The molecule has 1 saturated carbocycles. The van der Waals surface area contributed by atoms with E-state index in [-0.39, 0.29) is 24.4 Å². The number of carbonyl (C=O) groups is 3. The quantitative estimate of drug-likeness (QED) is 0.508. The van der Waals surface area contributed by atoms with Gasteiger partial charge in [-0.1, -0.05) is 19.3 Å². The number of carboxylic acid groups (broad SMARTS) is 1. The summed E-state index contributed by atoms with van der Waals surface area (Å²) in [4.78, 5) is 43.6. The largest absolute Gasteiger partial charge is 0.494 e. The third-order valence-corrected chi connectivity index (χ3v) is 6.92. The molecule has 0 bridgehead atoms. The van der Waals surface area contributed by atoms with Crippen molar-refractivity contribution in [3.63, 3.8) is 0 Å². The molecule has 1 aromatic carbocycles. The van der Waals surface area contributed by atoms with Gasteiger partial charge >= 0.3 is 5.97 Å². The van der Waals surface area contributed by atoms with Gasteiger partial charge in [-0.05, 0) is 56.7 Å². The van der Waals surface area contributed by atoms with E-state index in [1.54, 1.807) is 0 Å². The van der Waals surface area contributed by atoms with Gasteiger partial charge in [0, 0.05) is 18.5 Å². The van der Waals surface area contributed by atoms with Crippen molar-refractivity contribution in [2.75, 3.05) is 26.2 Å². The number of amides is 2. The summed E-state index contributed by atoms with van der Waals surface area (Å²) in [6.45, 7) is 3.15. The van der Waals surface area contributed by atoms with Crippen molar-refractivity contribution in [1.82, 2.24) is 15.1 Å². The second kappa shape index (κ2) is 10.9. The highest BCUT2D eigenvalue weighted by molar-refractivity contribution is 6.06. The summed E-state index contributed by atoms with van der Waals surface area (Å²) in [6.07, 6.45) is 7.40. The van der Waals surface area contributed by atoms with Gasteiger partial charge in [-0.3, -0.25) is 19.7 Å². The van der Waals surface area contributed by atoms with Crippen LogP contribution in [-0.2, 0) is 14.4 Å². The van der Waals surface area contributed by atoms with Crippen molar-refractivity contribution >= 4 is 29.4 Å². The highest BCUT2D eigenvalue weighted by Crippen LogP contribution is 2.37. The van der Waals surface area contributed by atoms with Gasteiger partial charge in [0.25, 0.3) is 0 Å². The zero-order chi connectivity index (χ0) is 24.1. The first-order valence-electron chi connectivity index (χ1n) is 12.3. The number of unbranched alkanes of at least 4 members (excludes halogenated alkanes) is 1. The summed E-state index contributed by atoms with van der Waals surface area (Å²) >= 11 is 0. The van der Waals surface area contributed by atoms with Crippen LogP contribution in [0.4, 0.5) is 5.69 Å². The van der Waals surface area contributed by atoms with Crippen LogP contribution in [0.1, 0.15) is 69.9 Å². The Bertz CT molecular complexity index is 957. The lowest BCUT2D eigenvalue weighted by atomic mass is 9.89. The average Bonchev–Trinajstić information content (AvgIpc) is 3.19. The number of hydrogen-bond donors (Lipinski definition) is 2. The summed E-state index contributed by atoms with van der Waals surface area (Å²) in [5, 5.41) is 12.0. The summed E-state index contributed by atoms with van der Waals surface area (Å²) in [5.74, 6) is 0.659. The predicted octanol–water partition coefficient (Wildman–Crippen LogP) is 3.22. The number of nitrogens with one attached hydrogen (secondary N) is 1. The van der Waals surface area contributed by atoms with E-state index in [9.17, 15) is 19.5 Å². The molecule has 34 heavy (non-hydrogen) atoms. The predicted molar refractivity (Wildman–Crippen MR) is 127 cm³/mol. The highest BCUT2D eigenvalue weighted by Gasteiger charge is 2.34. The van der Waals surface area contributed by atoms with Crippen LogP contribution in [0, 0.1) is 5.92 Å². The zero-order valence-corrected chi connectivity index (χ0v) is 19.8. The molecule has 2 N–H and O–H groups in total. The van der Waals surface area contributed by atoms with E-state index in [4.69, 9.17) is 4.74 Å². The minimum absolute atomic E-state index is 0.0204. The molecule has 184 valence electrons. The smallest absolute Gasteiger partial charge is 0.323 e. The fraction of sp³-hybridized carbons (Fsp3) is 0.600. The van der Waals surface area contributed by atoms with Crippen LogP contribution < -0.4 is 10.1 Å². The number of benzene rings is 1. The van der Waals surface area contributed by atoms with Gasteiger partial charge < -0.3 is 19.6 Å². The third kappa shape index (κ3) is 5.87. The number of aliphatic carboxylic acids is 1. The van der Waals surface area contributed by atoms with E-state index < -0.39 is 5.97 Å². The van der Waals surface area contributed by atoms with Gasteiger partial charge in [-0.25, -0.2) is 4.99 Å². The van der Waals surface area contributed by atoms with E-state index in [1.165, 1.54) is 24.2 Å². The van der Waals surface area contributed by atoms with E-state index in [0.29, 0.717) is 50.8 Å². The molecule has 2 aliphatic heterocycles. The molecule has 9 nitrogen and oxygen atoms in total. The number of carbonyl (C=O) groups excluding carboxylic acids is 2. The number of fused-ring (bicyclic) bond motifs is 2. The fourth-order valence-electron chi connectivity index (χ4n) is 5.04. The Morgan fingerprint density at radius 1 is 1.24 bits per heavy atom. The summed E-state index contributed by atoms with van der Waals surface area (Å²) in [7, 11) is 0. The molecule has 1 aromatic rings. The van der Waals surface area contributed by atoms with Crippen LogP contribution >= 0.6 is 0 Å². The van der Waals surface area contributed by atoms with Crippen LogP contribution in [0.25, 0.3) is 0 Å². The molecule has 2 amide bonds. The summed E-state index contributed by atoms with van der Waals surface area (Å²) < 4.78 is 5.91. The maximum Gasteiger partial charge on any atom is 0.323 e. The van der Waals surface area contributed by atoms with Gasteiger partial charge in [0.2, 0.25) is 17.8 Å². The van der Waals surface area contributed by atoms with E-state index in [2.05, 4.69) is 10.3 Å². The zero-order valence-electron chi connectivity index (χ0n) is 19.8. The Morgan fingerprint density at radius 2 is 2.03 bits per heavy atom.